The summed E-state index contributed by atoms with van der Waals surface area (Å²) in [5.74, 6) is 2.08. The van der Waals surface area contributed by atoms with Crippen molar-refractivity contribution in [3.05, 3.63) is 41.2 Å². The Bertz CT molecular complexity index is 733. The van der Waals surface area contributed by atoms with Crippen LogP contribution in [0.2, 0.25) is 5.02 Å². The van der Waals surface area contributed by atoms with Crippen molar-refractivity contribution >= 4 is 17.6 Å². The van der Waals surface area contributed by atoms with Gasteiger partial charge in [0.25, 0.3) is 0 Å². The summed E-state index contributed by atoms with van der Waals surface area (Å²) >= 11 is 6.33. The molecule has 0 fully saturated rings. The number of nitrogens with zero attached hydrogens (tertiary/aromatic N) is 3. The maximum atomic E-state index is 6.33. The highest BCUT2D eigenvalue weighted by Crippen LogP contribution is 2.37. The van der Waals surface area contributed by atoms with Crippen LogP contribution in [0.5, 0.6) is 11.5 Å². The molecule has 7 nitrogen and oxygen atoms in total. The lowest BCUT2D eigenvalue weighted by atomic mass is 10.2. The zero-order valence-corrected chi connectivity index (χ0v) is 15.6. The average Bonchev–Trinajstić information content (AvgIpc) is 3.04. The van der Waals surface area contributed by atoms with E-state index in [1.807, 2.05) is 29.1 Å². The van der Waals surface area contributed by atoms with Crippen LogP contribution in [0, 0.1) is 0 Å². The third kappa shape index (κ3) is 5.05. The Kier molecular flexibility index (Phi) is 6.60. The number of hydrogen-bond donors (Lipinski definition) is 2. The first-order valence-corrected chi connectivity index (χ1v) is 9.14. The molecule has 0 saturated carbocycles. The summed E-state index contributed by atoms with van der Waals surface area (Å²) in [6.45, 7) is 3.53. The molecule has 2 aromatic rings. The van der Waals surface area contributed by atoms with E-state index in [9.17, 15) is 0 Å². The molecule has 0 bridgehead atoms. The summed E-state index contributed by atoms with van der Waals surface area (Å²) in [5.41, 5.74) is 1.01. The second-order valence-electron chi connectivity index (χ2n) is 5.93. The summed E-state index contributed by atoms with van der Waals surface area (Å²) < 4.78 is 13.3. The van der Waals surface area contributed by atoms with Crippen LogP contribution in [-0.4, -0.2) is 42.5 Å². The van der Waals surface area contributed by atoms with Gasteiger partial charge < -0.3 is 20.1 Å². The number of ether oxygens (including phenoxy) is 2. The molecule has 0 radical (unpaired) electrons. The molecule has 1 aliphatic rings. The minimum atomic E-state index is 0.573. The first-order valence-electron chi connectivity index (χ1n) is 8.76. The van der Waals surface area contributed by atoms with Crippen molar-refractivity contribution in [1.29, 1.82) is 0 Å². The van der Waals surface area contributed by atoms with Crippen molar-refractivity contribution in [1.82, 2.24) is 20.4 Å². The van der Waals surface area contributed by atoms with Crippen molar-refractivity contribution in [2.24, 2.45) is 4.99 Å². The molecular weight excluding hydrogens is 354 g/mol. The van der Waals surface area contributed by atoms with Crippen LogP contribution in [0.4, 0.5) is 0 Å². The highest BCUT2D eigenvalue weighted by atomic mass is 35.5. The maximum absolute atomic E-state index is 6.33. The van der Waals surface area contributed by atoms with E-state index in [0.29, 0.717) is 36.3 Å². The van der Waals surface area contributed by atoms with Crippen LogP contribution >= 0.6 is 11.6 Å². The van der Waals surface area contributed by atoms with E-state index in [0.717, 1.165) is 37.5 Å². The number of halogens is 1. The minimum absolute atomic E-state index is 0.573. The molecule has 26 heavy (non-hydrogen) atoms. The molecule has 0 unspecified atom stereocenters. The predicted molar refractivity (Wildman–Crippen MR) is 102 cm³/mol. The van der Waals surface area contributed by atoms with Gasteiger partial charge in [-0.1, -0.05) is 11.6 Å². The molecule has 140 valence electrons. The Labute approximate surface area is 158 Å². The van der Waals surface area contributed by atoms with Crippen LogP contribution in [0.3, 0.4) is 0 Å². The van der Waals surface area contributed by atoms with Gasteiger partial charge in [0.1, 0.15) is 0 Å². The zero-order chi connectivity index (χ0) is 18.2. The molecule has 0 aliphatic carbocycles. The van der Waals surface area contributed by atoms with Gasteiger partial charge in [0.2, 0.25) is 0 Å². The Morgan fingerprint density at radius 2 is 2.19 bits per heavy atom. The van der Waals surface area contributed by atoms with Gasteiger partial charge in [0, 0.05) is 45.5 Å². The highest BCUT2D eigenvalue weighted by molar-refractivity contribution is 6.32. The average molecular weight is 378 g/mol. The Morgan fingerprint density at radius 1 is 1.31 bits per heavy atom. The molecular formula is C18H24ClN5O2. The van der Waals surface area contributed by atoms with Gasteiger partial charge in [-0.05, 0) is 30.2 Å². The van der Waals surface area contributed by atoms with Crippen LogP contribution in [0.15, 0.2) is 35.6 Å². The molecule has 0 amide bonds. The largest absolute Gasteiger partial charge is 0.489 e. The molecule has 0 saturated heterocycles. The highest BCUT2D eigenvalue weighted by Gasteiger charge is 2.15. The van der Waals surface area contributed by atoms with Gasteiger partial charge in [0.05, 0.1) is 18.2 Å². The fraction of sp³-hybridized carbons (Fsp3) is 0.444. The molecule has 1 aromatic heterocycles. The molecule has 1 aliphatic heterocycles. The summed E-state index contributed by atoms with van der Waals surface area (Å²) in [5, 5.41) is 11.3. The lowest BCUT2D eigenvalue weighted by molar-refractivity contribution is 0.297. The van der Waals surface area contributed by atoms with Gasteiger partial charge in [-0.25, -0.2) is 0 Å². The van der Waals surface area contributed by atoms with E-state index in [-0.39, 0.29) is 0 Å². The van der Waals surface area contributed by atoms with Crippen molar-refractivity contribution in [2.45, 2.75) is 25.9 Å². The number of hydrogen-bond acceptors (Lipinski definition) is 4. The maximum Gasteiger partial charge on any atom is 0.191 e. The molecule has 8 heteroatoms. The Morgan fingerprint density at radius 3 is 3.00 bits per heavy atom. The fourth-order valence-corrected chi connectivity index (χ4v) is 2.96. The topological polar surface area (TPSA) is 72.7 Å². The lowest BCUT2D eigenvalue weighted by Gasteiger charge is -2.14. The normalized spacial score (nSPS) is 14.0. The van der Waals surface area contributed by atoms with E-state index < -0.39 is 0 Å². The van der Waals surface area contributed by atoms with Gasteiger partial charge in [0.15, 0.2) is 17.5 Å². The molecule has 0 spiro atoms. The number of aliphatic imine (C=N–C) groups is 1. The van der Waals surface area contributed by atoms with E-state index in [2.05, 4.69) is 20.7 Å². The summed E-state index contributed by atoms with van der Waals surface area (Å²) in [6.07, 6.45) is 5.56. The molecule has 2 heterocycles. The van der Waals surface area contributed by atoms with Crippen LogP contribution in [0.1, 0.15) is 18.4 Å². The molecule has 1 aromatic carbocycles. The van der Waals surface area contributed by atoms with Gasteiger partial charge in [-0.15, -0.1) is 0 Å². The number of aryl methyl sites for hydroxylation is 1. The summed E-state index contributed by atoms with van der Waals surface area (Å²) in [7, 11) is 1.75. The summed E-state index contributed by atoms with van der Waals surface area (Å²) in [6, 6.07) is 5.78. The first-order chi connectivity index (χ1) is 12.8. The zero-order valence-electron chi connectivity index (χ0n) is 14.9. The molecule has 3 rings (SSSR count). The second-order valence-corrected chi connectivity index (χ2v) is 6.34. The standard InChI is InChI=1S/C18H24ClN5O2/c1-20-18(21-5-2-7-24-8-3-6-23-24)22-13-14-11-15(19)17-16(12-14)25-9-4-10-26-17/h3,6,8,11-12H,2,4-5,7,9-10,13H2,1H3,(H2,20,21,22). The smallest absolute Gasteiger partial charge is 0.191 e. The van der Waals surface area contributed by atoms with Gasteiger partial charge >= 0.3 is 0 Å². The van der Waals surface area contributed by atoms with E-state index in [1.165, 1.54) is 0 Å². The molecule has 2 N–H and O–H groups in total. The fourth-order valence-electron chi connectivity index (χ4n) is 2.67. The van der Waals surface area contributed by atoms with E-state index >= 15 is 0 Å². The number of fused-ring (bicyclic) bond motifs is 1. The van der Waals surface area contributed by atoms with Gasteiger partial charge in [-0.2, -0.15) is 5.10 Å². The number of guanidine groups is 1. The van der Waals surface area contributed by atoms with E-state index in [4.69, 9.17) is 21.1 Å². The number of benzene rings is 1. The summed E-state index contributed by atoms with van der Waals surface area (Å²) in [4.78, 5) is 4.25. The third-order valence-electron chi connectivity index (χ3n) is 3.96. The Hall–Kier alpha value is -2.41. The molecule has 0 atom stereocenters. The number of rotatable bonds is 6. The van der Waals surface area contributed by atoms with E-state index in [1.54, 1.807) is 13.2 Å². The SMILES string of the molecule is CN=C(NCCCn1cccn1)NCc1cc(Cl)c2c(c1)OCCCO2. The minimum Gasteiger partial charge on any atom is -0.489 e. The third-order valence-corrected chi connectivity index (χ3v) is 4.24. The van der Waals surface area contributed by atoms with Crippen LogP contribution < -0.4 is 20.1 Å². The van der Waals surface area contributed by atoms with Crippen molar-refractivity contribution in [3.8, 4) is 11.5 Å². The lowest BCUT2D eigenvalue weighted by Crippen LogP contribution is -2.37. The van der Waals surface area contributed by atoms with Crippen molar-refractivity contribution in [2.75, 3.05) is 26.8 Å². The second kappa shape index (κ2) is 9.33. The first kappa shape index (κ1) is 18.4. The number of aromatic nitrogens is 2. The van der Waals surface area contributed by atoms with Crippen LogP contribution in [0.25, 0.3) is 0 Å². The Balaban J connectivity index is 1.49. The predicted octanol–water partition coefficient (Wildman–Crippen LogP) is 2.45. The number of nitrogens with one attached hydrogen (secondary N) is 2. The quantitative estimate of drug-likeness (QED) is 0.459. The monoisotopic (exact) mass is 377 g/mol. The van der Waals surface area contributed by atoms with Crippen molar-refractivity contribution in [3.63, 3.8) is 0 Å². The van der Waals surface area contributed by atoms with Crippen molar-refractivity contribution < 1.29 is 9.47 Å². The van der Waals surface area contributed by atoms with Crippen LogP contribution in [-0.2, 0) is 13.1 Å². The van der Waals surface area contributed by atoms with Gasteiger partial charge in [-0.3, -0.25) is 9.67 Å².